The summed E-state index contributed by atoms with van der Waals surface area (Å²) in [7, 11) is 0. The fourth-order valence-corrected chi connectivity index (χ4v) is 6.53. The lowest BCUT2D eigenvalue weighted by atomic mass is 9.97. The van der Waals surface area contributed by atoms with Crippen molar-refractivity contribution in [1.29, 1.82) is 0 Å². The predicted molar refractivity (Wildman–Crippen MR) is 237 cm³/mol. The van der Waals surface area contributed by atoms with E-state index in [-0.39, 0.29) is 57.6 Å². The number of primary amides is 1. The Morgan fingerprint density at radius 3 is 1.75 bits per heavy atom. The number of aliphatic hydroxyl groups excluding tert-OH is 3. The van der Waals surface area contributed by atoms with Crippen LogP contribution in [-0.2, 0) is 33.6 Å². The summed E-state index contributed by atoms with van der Waals surface area (Å²) in [5, 5.41) is 52.8. The molecule has 8 atom stereocenters. The summed E-state index contributed by atoms with van der Waals surface area (Å²) in [6.07, 6.45) is 5.10. The molecule has 19 N–H and O–H groups in total. The van der Waals surface area contributed by atoms with Crippen molar-refractivity contribution in [3.8, 4) is 0 Å². The van der Waals surface area contributed by atoms with Gasteiger partial charge in [0.05, 0.1) is 25.2 Å². The molecular formula is C41H79N11O11. The lowest BCUT2D eigenvalue weighted by Gasteiger charge is -2.30. The molecule has 8 unspecified atom stereocenters. The van der Waals surface area contributed by atoms with E-state index in [1.807, 2.05) is 0 Å². The van der Waals surface area contributed by atoms with Crippen LogP contribution < -0.4 is 55.3 Å². The summed E-state index contributed by atoms with van der Waals surface area (Å²) in [6.45, 7) is 6.75. The molecule has 0 aromatic carbocycles. The van der Waals surface area contributed by atoms with E-state index in [0.29, 0.717) is 18.8 Å². The van der Waals surface area contributed by atoms with Gasteiger partial charge in [-0.15, -0.1) is 0 Å². The number of guanidine groups is 1. The van der Waals surface area contributed by atoms with Gasteiger partial charge in [0, 0.05) is 25.6 Å². The number of carbonyl (C=O) groups is 7. The number of nitrogens with two attached hydrogens (primary N) is 5. The highest BCUT2D eigenvalue weighted by molar-refractivity contribution is 5.95. The Morgan fingerprint density at radius 2 is 1.21 bits per heavy atom. The second kappa shape index (κ2) is 33.0. The van der Waals surface area contributed by atoms with Crippen LogP contribution in [0.25, 0.3) is 0 Å². The number of nitrogens with one attached hydrogen (secondary N) is 5. The number of hydrogen-bond donors (Lipinski definition) is 14. The summed E-state index contributed by atoms with van der Waals surface area (Å²) < 4.78 is 0. The second-order valence-corrected chi connectivity index (χ2v) is 16.9. The molecule has 0 saturated heterocycles. The molecule has 0 bridgehead atoms. The summed E-state index contributed by atoms with van der Waals surface area (Å²) in [5.41, 5.74) is 27.4. The van der Waals surface area contributed by atoms with Crippen LogP contribution in [0.15, 0.2) is 4.99 Å². The Balaban J connectivity index is 6.07. The first-order valence-electron chi connectivity index (χ1n) is 22.1. The average molecular weight is 902 g/mol. The molecule has 0 aromatic rings. The molecule has 63 heavy (non-hydrogen) atoms. The smallest absolute Gasteiger partial charge is 0.326 e. The van der Waals surface area contributed by atoms with Crippen molar-refractivity contribution in [3.63, 3.8) is 0 Å². The Morgan fingerprint density at radius 1 is 0.619 bits per heavy atom. The van der Waals surface area contributed by atoms with Gasteiger partial charge >= 0.3 is 5.97 Å². The molecule has 0 spiro atoms. The minimum Gasteiger partial charge on any atom is -0.480 e. The third-order valence-electron chi connectivity index (χ3n) is 10.3. The van der Waals surface area contributed by atoms with E-state index in [4.69, 9.17) is 28.7 Å². The first-order valence-corrected chi connectivity index (χ1v) is 22.1. The van der Waals surface area contributed by atoms with Gasteiger partial charge in [-0.25, -0.2) is 4.79 Å². The van der Waals surface area contributed by atoms with Gasteiger partial charge in [0.15, 0.2) is 5.96 Å². The zero-order valence-electron chi connectivity index (χ0n) is 37.7. The molecule has 0 saturated carbocycles. The molecule has 0 aliphatic carbocycles. The minimum absolute atomic E-state index is 0.0347. The van der Waals surface area contributed by atoms with Crippen molar-refractivity contribution in [2.45, 2.75) is 179 Å². The first kappa shape index (κ1) is 58.4. The minimum atomic E-state index is -1.77. The highest BCUT2D eigenvalue weighted by Crippen LogP contribution is 2.15. The lowest BCUT2D eigenvalue weighted by molar-refractivity contribution is -0.143. The van der Waals surface area contributed by atoms with E-state index in [2.05, 4.69) is 45.4 Å². The Kier molecular flexibility index (Phi) is 30.5. The molecule has 22 nitrogen and oxygen atoms in total. The summed E-state index contributed by atoms with van der Waals surface area (Å²) in [5.74, 6) is -6.50. The molecule has 6 amide bonds. The third-order valence-corrected chi connectivity index (χ3v) is 10.3. The molecular weight excluding hydrogens is 823 g/mol. The number of hydrogen-bond acceptors (Lipinski definition) is 13. The van der Waals surface area contributed by atoms with Crippen molar-refractivity contribution < 1.29 is 54.0 Å². The quantitative estimate of drug-likeness (QED) is 0.0180. The number of nitrogens with zero attached hydrogens (tertiary/aromatic N) is 1. The van der Waals surface area contributed by atoms with Gasteiger partial charge in [-0.3, -0.25) is 33.8 Å². The molecule has 0 aromatic heterocycles. The number of carbonyl (C=O) groups excluding carboxylic acids is 6. The number of aliphatic imine (C=N–C) groups is 1. The van der Waals surface area contributed by atoms with Gasteiger partial charge in [-0.05, 0) is 56.8 Å². The predicted octanol–water partition coefficient (Wildman–Crippen LogP) is -2.19. The summed E-state index contributed by atoms with van der Waals surface area (Å²) in [4.78, 5) is 94.2. The van der Waals surface area contributed by atoms with Gasteiger partial charge in [0.25, 0.3) is 0 Å². The van der Waals surface area contributed by atoms with Gasteiger partial charge in [0.2, 0.25) is 35.4 Å². The van der Waals surface area contributed by atoms with Crippen LogP contribution in [-0.4, -0.2) is 136 Å². The Bertz CT molecular complexity index is 1430. The van der Waals surface area contributed by atoms with Crippen molar-refractivity contribution in [1.82, 2.24) is 26.6 Å². The van der Waals surface area contributed by atoms with Crippen LogP contribution in [0.4, 0.5) is 0 Å². The zero-order chi connectivity index (χ0) is 48.1. The topological polar surface area (TPSA) is 403 Å². The maximum atomic E-state index is 13.8. The van der Waals surface area contributed by atoms with Crippen LogP contribution in [0.2, 0.25) is 0 Å². The first-order chi connectivity index (χ1) is 29.6. The number of carboxylic acid groups (broad SMARTS) is 1. The fourth-order valence-electron chi connectivity index (χ4n) is 6.53. The maximum absolute atomic E-state index is 13.8. The van der Waals surface area contributed by atoms with E-state index in [1.165, 1.54) is 19.3 Å². The maximum Gasteiger partial charge on any atom is 0.326 e. The summed E-state index contributed by atoms with van der Waals surface area (Å²) in [6, 6.07) is -8.18. The number of aliphatic hydroxyl groups is 3. The second-order valence-electron chi connectivity index (χ2n) is 16.9. The molecule has 0 radical (unpaired) electrons. The number of rotatable bonds is 36. The molecule has 364 valence electrons. The number of unbranched alkanes of at least 4 members (excludes halogenated alkanes) is 6. The number of aliphatic carboxylic acids is 1. The van der Waals surface area contributed by atoms with Gasteiger partial charge in [0.1, 0.15) is 30.2 Å². The molecule has 0 heterocycles. The average Bonchev–Trinajstić information content (AvgIpc) is 3.21. The number of amides is 6. The molecule has 0 fully saturated rings. The molecule has 0 rings (SSSR count). The van der Waals surface area contributed by atoms with Crippen molar-refractivity contribution in [2.24, 2.45) is 45.5 Å². The van der Waals surface area contributed by atoms with E-state index < -0.39 is 109 Å². The third kappa shape index (κ3) is 27.2. The molecule has 0 aliphatic rings. The van der Waals surface area contributed by atoms with Crippen LogP contribution in [0.5, 0.6) is 0 Å². The normalized spacial score (nSPS) is 15.2. The van der Waals surface area contributed by atoms with Gasteiger partial charge in [-0.2, -0.15) is 0 Å². The highest BCUT2D eigenvalue weighted by atomic mass is 16.4. The Hall–Kier alpha value is -4.64. The molecule has 0 aliphatic heterocycles. The lowest BCUT2D eigenvalue weighted by Crippen LogP contribution is -2.61. The SMILES string of the molecule is CC(C)CCCCCCCCCC(=O)NC(CC(N)=O)C(=O)NC(CCCN=C(N)N)CCC(O)C(NC(=O)C(N)CO)C(=O)NC(C(=O)NC(CCC(O)CN)C(=O)O)C(C)C. The highest BCUT2D eigenvalue weighted by Gasteiger charge is 2.36. The van der Waals surface area contributed by atoms with Crippen molar-refractivity contribution in [2.75, 3.05) is 19.7 Å². The molecule has 22 heteroatoms. The standard InChI is InChI=1S/C41H79N11O11/c1-24(2)13-10-8-6-5-7-9-11-15-33(57)49-30(21-32(44)56)37(59)48-26(14-12-20-47-41(45)46)16-19-31(55)35(52-36(58)28(43)23-53)39(61)51-34(25(3)4)38(60)50-29(40(62)63)18-17-27(54)22-42/h24-31,34-35,53-55H,5-23,42-43H2,1-4H3,(H2,44,56)(H,48,59)(H,49,57)(H,50,60)(H,51,61)(H,52,58)(H,62,63)(H4,45,46,47). The van der Waals surface area contributed by atoms with Crippen LogP contribution >= 0.6 is 0 Å². The van der Waals surface area contributed by atoms with Crippen LogP contribution in [0.3, 0.4) is 0 Å². The van der Waals surface area contributed by atoms with E-state index >= 15 is 0 Å². The van der Waals surface area contributed by atoms with E-state index in [0.717, 1.165) is 25.7 Å². The van der Waals surface area contributed by atoms with E-state index in [1.54, 1.807) is 13.8 Å². The summed E-state index contributed by atoms with van der Waals surface area (Å²) >= 11 is 0. The van der Waals surface area contributed by atoms with Crippen LogP contribution in [0.1, 0.15) is 130 Å². The van der Waals surface area contributed by atoms with E-state index in [9.17, 15) is 54.0 Å². The van der Waals surface area contributed by atoms with Crippen molar-refractivity contribution >= 4 is 47.4 Å². The van der Waals surface area contributed by atoms with Gasteiger partial charge < -0.3 is 75.7 Å². The van der Waals surface area contributed by atoms with Gasteiger partial charge in [-0.1, -0.05) is 72.6 Å². The van der Waals surface area contributed by atoms with Crippen LogP contribution in [0, 0.1) is 11.8 Å². The van der Waals surface area contributed by atoms with Crippen molar-refractivity contribution in [3.05, 3.63) is 0 Å². The largest absolute Gasteiger partial charge is 0.480 e. The Labute approximate surface area is 371 Å². The zero-order valence-corrected chi connectivity index (χ0v) is 37.7. The monoisotopic (exact) mass is 902 g/mol. The fraction of sp³-hybridized carbons (Fsp3) is 0.805. The number of carboxylic acids is 1.